The van der Waals surface area contributed by atoms with Gasteiger partial charge in [0.05, 0.1) is 3.57 Å². The molecule has 18 heavy (non-hydrogen) atoms. The molecule has 6 heteroatoms. The second-order valence-corrected chi connectivity index (χ2v) is 5.40. The fraction of sp³-hybridized carbons (Fsp3) is 0.333. The third-order valence-electron chi connectivity index (χ3n) is 2.94. The van der Waals surface area contributed by atoms with Crippen molar-refractivity contribution in [3.8, 4) is 5.75 Å². The molecule has 0 aliphatic carbocycles. The summed E-state index contributed by atoms with van der Waals surface area (Å²) in [5.74, 6) is -0.341. The number of hydrogen-bond donors (Lipinski definition) is 2. The monoisotopic (exact) mass is 360 g/mol. The predicted octanol–water partition coefficient (Wildman–Crippen LogP) is 0.957. The molecule has 1 saturated heterocycles. The van der Waals surface area contributed by atoms with Crippen LogP contribution < -0.4 is 5.32 Å². The average molecular weight is 360 g/mol. The quantitative estimate of drug-likeness (QED) is 0.772. The highest BCUT2D eigenvalue weighted by atomic mass is 127. The minimum atomic E-state index is -0.455. The number of rotatable bonds is 2. The Morgan fingerprint density at radius 2 is 2.28 bits per heavy atom. The number of carbonyl (C=O) groups is 2. The molecular weight excluding hydrogens is 347 g/mol. The molecule has 1 aliphatic rings. The number of hydrogen-bond acceptors (Lipinski definition) is 3. The number of likely N-dealkylation sites (N-methyl/N-ethyl adjacent to an activating group) is 1. The number of phenols is 1. The summed E-state index contributed by atoms with van der Waals surface area (Å²) in [5.41, 5.74) is 0.357. The van der Waals surface area contributed by atoms with E-state index in [0.29, 0.717) is 22.1 Å². The van der Waals surface area contributed by atoms with Crippen LogP contribution in [0.4, 0.5) is 0 Å². The van der Waals surface area contributed by atoms with E-state index in [-0.39, 0.29) is 17.6 Å². The number of phenolic OH excluding ortho intramolecular Hbond substituents is 1. The molecule has 0 spiro atoms. The van der Waals surface area contributed by atoms with Crippen LogP contribution in [-0.4, -0.2) is 41.5 Å². The summed E-state index contributed by atoms with van der Waals surface area (Å²) >= 11 is 1.98. The standard InChI is InChI=1S/C12H13IN2O3/c1-15-5-4-9(12(15)18)14-11(17)7-2-3-8(13)10(16)6-7/h2-3,6,9,16H,4-5H2,1H3,(H,14,17). The Bertz CT molecular complexity index is 504. The van der Waals surface area contributed by atoms with E-state index in [0.717, 1.165) is 0 Å². The van der Waals surface area contributed by atoms with Crippen LogP contribution in [0.5, 0.6) is 5.75 Å². The van der Waals surface area contributed by atoms with Crippen molar-refractivity contribution in [3.05, 3.63) is 27.3 Å². The summed E-state index contributed by atoms with van der Waals surface area (Å²) in [7, 11) is 1.71. The maximum Gasteiger partial charge on any atom is 0.252 e. The van der Waals surface area contributed by atoms with E-state index in [4.69, 9.17) is 0 Å². The summed E-state index contributed by atoms with van der Waals surface area (Å²) < 4.78 is 0.681. The van der Waals surface area contributed by atoms with Crippen molar-refractivity contribution < 1.29 is 14.7 Å². The lowest BCUT2D eigenvalue weighted by Gasteiger charge is -2.12. The SMILES string of the molecule is CN1CCC(NC(=O)c2ccc(I)c(O)c2)C1=O. The molecule has 1 aliphatic heterocycles. The van der Waals surface area contributed by atoms with Crippen LogP contribution in [0.3, 0.4) is 0 Å². The fourth-order valence-corrected chi connectivity index (χ4v) is 2.19. The zero-order valence-electron chi connectivity index (χ0n) is 9.81. The van der Waals surface area contributed by atoms with Crippen molar-refractivity contribution in [2.24, 2.45) is 0 Å². The first kappa shape index (κ1) is 13.1. The molecule has 1 unspecified atom stereocenters. The van der Waals surface area contributed by atoms with Gasteiger partial charge in [0.15, 0.2) is 0 Å². The van der Waals surface area contributed by atoms with Gasteiger partial charge in [0.1, 0.15) is 11.8 Å². The number of amides is 2. The summed E-state index contributed by atoms with van der Waals surface area (Å²) in [6.45, 7) is 0.654. The maximum absolute atomic E-state index is 11.9. The second-order valence-electron chi connectivity index (χ2n) is 4.24. The van der Waals surface area contributed by atoms with Crippen molar-refractivity contribution in [1.82, 2.24) is 10.2 Å². The third kappa shape index (κ3) is 2.58. The van der Waals surface area contributed by atoms with E-state index in [1.807, 2.05) is 22.6 Å². The minimum absolute atomic E-state index is 0.0677. The van der Waals surface area contributed by atoms with E-state index in [1.54, 1.807) is 24.1 Å². The summed E-state index contributed by atoms with van der Waals surface area (Å²) in [6, 6.07) is 4.23. The average Bonchev–Trinajstić information content (AvgIpc) is 2.64. The Morgan fingerprint density at radius 3 is 2.83 bits per heavy atom. The number of aromatic hydroxyl groups is 1. The number of likely N-dealkylation sites (tertiary alicyclic amines) is 1. The van der Waals surface area contributed by atoms with Gasteiger partial charge in [0, 0.05) is 19.2 Å². The molecule has 0 aromatic heterocycles. The maximum atomic E-state index is 11.9. The normalized spacial score (nSPS) is 19.1. The van der Waals surface area contributed by atoms with E-state index < -0.39 is 6.04 Å². The Morgan fingerprint density at radius 1 is 1.56 bits per heavy atom. The molecule has 1 atom stereocenters. The van der Waals surface area contributed by atoms with Gasteiger partial charge in [-0.25, -0.2) is 0 Å². The van der Waals surface area contributed by atoms with Crippen molar-refractivity contribution >= 4 is 34.4 Å². The van der Waals surface area contributed by atoms with E-state index in [2.05, 4.69) is 5.32 Å². The smallest absolute Gasteiger partial charge is 0.252 e. The fourth-order valence-electron chi connectivity index (χ4n) is 1.85. The highest BCUT2D eigenvalue weighted by Crippen LogP contribution is 2.20. The molecule has 2 N–H and O–H groups in total. The first-order chi connectivity index (χ1) is 8.49. The highest BCUT2D eigenvalue weighted by molar-refractivity contribution is 14.1. The molecule has 0 radical (unpaired) electrons. The first-order valence-corrected chi connectivity index (χ1v) is 6.61. The molecule has 1 fully saturated rings. The molecule has 2 amide bonds. The van der Waals surface area contributed by atoms with Crippen LogP contribution in [0.1, 0.15) is 16.8 Å². The van der Waals surface area contributed by atoms with Crippen LogP contribution in [0.2, 0.25) is 0 Å². The Kier molecular flexibility index (Phi) is 3.74. The molecule has 2 rings (SSSR count). The van der Waals surface area contributed by atoms with Crippen LogP contribution in [0.25, 0.3) is 0 Å². The molecule has 1 aromatic carbocycles. The number of carbonyl (C=O) groups excluding carboxylic acids is 2. The summed E-state index contributed by atoms with van der Waals surface area (Å²) in [5, 5.41) is 12.2. The molecule has 0 saturated carbocycles. The molecule has 5 nitrogen and oxygen atoms in total. The lowest BCUT2D eigenvalue weighted by Crippen LogP contribution is -2.40. The first-order valence-electron chi connectivity index (χ1n) is 5.53. The van der Waals surface area contributed by atoms with Gasteiger partial charge in [0.25, 0.3) is 5.91 Å². The number of nitrogens with one attached hydrogen (secondary N) is 1. The van der Waals surface area contributed by atoms with Gasteiger partial charge in [0.2, 0.25) is 5.91 Å². The zero-order valence-corrected chi connectivity index (χ0v) is 12.0. The van der Waals surface area contributed by atoms with Crippen molar-refractivity contribution in [1.29, 1.82) is 0 Å². The summed E-state index contributed by atoms with van der Waals surface area (Å²) in [6.07, 6.45) is 0.622. The van der Waals surface area contributed by atoms with Gasteiger partial charge >= 0.3 is 0 Å². The second kappa shape index (κ2) is 5.13. The largest absolute Gasteiger partial charge is 0.507 e. The van der Waals surface area contributed by atoms with Crippen molar-refractivity contribution in [2.45, 2.75) is 12.5 Å². The predicted molar refractivity (Wildman–Crippen MR) is 74.3 cm³/mol. The van der Waals surface area contributed by atoms with Crippen LogP contribution >= 0.6 is 22.6 Å². The number of nitrogens with zero attached hydrogens (tertiary/aromatic N) is 1. The van der Waals surface area contributed by atoms with Crippen LogP contribution in [0.15, 0.2) is 18.2 Å². The molecular formula is C12H13IN2O3. The van der Waals surface area contributed by atoms with E-state index >= 15 is 0 Å². The third-order valence-corrected chi connectivity index (χ3v) is 3.85. The van der Waals surface area contributed by atoms with Crippen LogP contribution in [-0.2, 0) is 4.79 Å². The van der Waals surface area contributed by atoms with E-state index in [9.17, 15) is 14.7 Å². The lowest BCUT2D eigenvalue weighted by molar-refractivity contribution is -0.128. The lowest BCUT2D eigenvalue weighted by atomic mass is 10.1. The van der Waals surface area contributed by atoms with Gasteiger partial charge in [-0.05, 0) is 47.2 Å². The summed E-state index contributed by atoms with van der Waals surface area (Å²) in [4.78, 5) is 25.2. The minimum Gasteiger partial charge on any atom is -0.507 e. The van der Waals surface area contributed by atoms with Gasteiger partial charge in [-0.2, -0.15) is 0 Å². The van der Waals surface area contributed by atoms with Gasteiger partial charge in [-0.15, -0.1) is 0 Å². The van der Waals surface area contributed by atoms with Gasteiger partial charge in [-0.1, -0.05) is 0 Å². The Balaban J connectivity index is 2.08. The van der Waals surface area contributed by atoms with Crippen LogP contribution in [0, 0.1) is 3.57 Å². The van der Waals surface area contributed by atoms with Gasteiger partial charge < -0.3 is 15.3 Å². The Labute approximate surface area is 118 Å². The molecule has 96 valence electrons. The Hall–Kier alpha value is -1.31. The number of benzene rings is 1. The van der Waals surface area contributed by atoms with Crippen molar-refractivity contribution in [3.63, 3.8) is 0 Å². The number of halogens is 1. The zero-order chi connectivity index (χ0) is 13.3. The van der Waals surface area contributed by atoms with Crippen molar-refractivity contribution in [2.75, 3.05) is 13.6 Å². The topological polar surface area (TPSA) is 69.6 Å². The molecule has 1 aromatic rings. The molecule has 1 heterocycles. The highest BCUT2D eigenvalue weighted by Gasteiger charge is 2.30. The van der Waals surface area contributed by atoms with Gasteiger partial charge in [-0.3, -0.25) is 9.59 Å². The van der Waals surface area contributed by atoms with E-state index in [1.165, 1.54) is 6.07 Å². The molecule has 0 bridgehead atoms.